The Hall–Kier alpha value is -3.46. The van der Waals surface area contributed by atoms with E-state index < -0.39 is 23.3 Å². The molecule has 2 heterocycles. The number of ether oxygens (including phenoxy) is 1. The maximum absolute atomic E-state index is 13.5. The summed E-state index contributed by atoms with van der Waals surface area (Å²) in [6.45, 7) is 5.61. The van der Waals surface area contributed by atoms with E-state index in [1.807, 2.05) is 19.9 Å². The summed E-state index contributed by atoms with van der Waals surface area (Å²) in [5, 5.41) is 0.350. The van der Waals surface area contributed by atoms with E-state index in [1.165, 1.54) is 15.7 Å². The summed E-state index contributed by atoms with van der Waals surface area (Å²) < 4.78 is 12.5. The van der Waals surface area contributed by atoms with Crippen LogP contribution < -0.4 is 26.6 Å². The highest BCUT2D eigenvalue weighted by molar-refractivity contribution is 6.32. The molecule has 3 N–H and O–H groups in total. The van der Waals surface area contributed by atoms with E-state index in [0.717, 1.165) is 12.0 Å². The number of nitrogens with two attached hydrogens (primary N) is 1. The third-order valence-corrected chi connectivity index (χ3v) is 5.43. The van der Waals surface area contributed by atoms with E-state index in [-0.39, 0.29) is 18.1 Å². The number of furan rings is 1. The van der Waals surface area contributed by atoms with Crippen LogP contribution in [-0.4, -0.2) is 21.6 Å². The second-order valence-corrected chi connectivity index (χ2v) is 8.10. The van der Waals surface area contributed by atoms with E-state index >= 15 is 0 Å². The van der Waals surface area contributed by atoms with Crippen LogP contribution in [0.15, 0.2) is 50.6 Å². The van der Waals surface area contributed by atoms with Crippen molar-refractivity contribution in [3.8, 4) is 5.75 Å². The number of carbonyl (C=O) groups excluding carboxylic acids is 1. The molecule has 1 unspecified atom stereocenters. The normalized spacial score (nSPS) is 11.9. The van der Waals surface area contributed by atoms with Crippen LogP contribution in [0, 0.1) is 6.92 Å². The second-order valence-electron chi connectivity index (χ2n) is 7.70. The molecule has 0 saturated heterocycles. The van der Waals surface area contributed by atoms with Crippen molar-refractivity contribution in [1.29, 1.82) is 0 Å². The molecule has 33 heavy (non-hydrogen) atoms. The van der Waals surface area contributed by atoms with Crippen LogP contribution in [0.4, 0.5) is 11.5 Å². The number of aromatic amines is 1. The molecule has 0 bridgehead atoms. The molecule has 1 amide bonds. The van der Waals surface area contributed by atoms with Crippen LogP contribution in [0.1, 0.15) is 38.0 Å². The Morgan fingerprint density at radius 3 is 2.76 bits per heavy atom. The van der Waals surface area contributed by atoms with Crippen LogP contribution in [-0.2, 0) is 17.9 Å². The van der Waals surface area contributed by atoms with Crippen molar-refractivity contribution in [2.45, 2.75) is 52.8 Å². The van der Waals surface area contributed by atoms with E-state index in [2.05, 4.69) is 4.98 Å². The molecule has 0 aliphatic heterocycles. The zero-order valence-corrected chi connectivity index (χ0v) is 19.5. The van der Waals surface area contributed by atoms with Gasteiger partial charge in [0.1, 0.15) is 17.3 Å². The Labute approximate surface area is 195 Å². The van der Waals surface area contributed by atoms with E-state index in [0.29, 0.717) is 29.5 Å². The summed E-state index contributed by atoms with van der Waals surface area (Å²) >= 11 is 6.22. The maximum atomic E-state index is 13.5. The lowest BCUT2D eigenvalue weighted by atomic mass is 10.2. The summed E-state index contributed by atoms with van der Waals surface area (Å²) in [5.74, 6) is 0.110. The first-order valence-electron chi connectivity index (χ1n) is 10.6. The second kappa shape index (κ2) is 10.4. The van der Waals surface area contributed by atoms with E-state index in [1.54, 1.807) is 31.2 Å². The Bertz CT molecular complexity index is 1230. The number of hydrogen-bond donors (Lipinski definition) is 2. The highest BCUT2D eigenvalue weighted by Gasteiger charge is 2.30. The Kier molecular flexibility index (Phi) is 7.65. The monoisotopic (exact) mass is 474 g/mol. The quantitative estimate of drug-likeness (QED) is 0.489. The predicted molar refractivity (Wildman–Crippen MR) is 127 cm³/mol. The molecule has 176 valence electrons. The van der Waals surface area contributed by atoms with Crippen LogP contribution in [0.3, 0.4) is 0 Å². The zero-order chi connectivity index (χ0) is 24.1. The molecular formula is C23H27ClN4O5. The van der Waals surface area contributed by atoms with E-state index in [9.17, 15) is 14.4 Å². The van der Waals surface area contributed by atoms with Gasteiger partial charge in [-0.15, -0.1) is 0 Å². The molecular weight excluding hydrogens is 448 g/mol. The van der Waals surface area contributed by atoms with Crippen LogP contribution >= 0.6 is 11.6 Å². The van der Waals surface area contributed by atoms with Gasteiger partial charge in [0.25, 0.3) is 11.5 Å². The lowest BCUT2D eigenvalue weighted by Crippen LogP contribution is -2.45. The number of aryl methyl sites for hydroxylation is 1. The van der Waals surface area contributed by atoms with Gasteiger partial charge in [0.2, 0.25) is 0 Å². The van der Waals surface area contributed by atoms with Crippen LogP contribution in [0.5, 0.6) is 5.75 Å². The molecule has 1 aromatic carbocycles. The summed E-state index contributed by atoms with van der Waals surface area (Å²) in [6.07, 6.45) is 1.93. The molecule has 9 nitrogen and oxygen atoms in total. The number of nitrogen functional groups attached to an aromatic ring is 1. The number of benzene rings is 1. The molecule has 10 heteroatoms. The van der Waals surface area contributed by atoms with Crippen molar-refractivity contribution < 1.29 is 13.9 Å². The smallest absolute Gasteiger partial charge is 0.330 e. The maximum Gasteiger partial charge on any atom is 0.330 e. The molecule has 3 rings (SSSR count). The van der Waals surface area contributed by atoms with Gasteiger partial charge in [0, 0.05) is 6.54 Å². The number of nitrogens with one attached hydrogen (secondary N) is 1. The number of aromatic nitrogens is 2. The SMILES string of the molecule is CCCCn1c(N)c(N(Cc2ccco2)C(=O)C(C)Oc2cc(C)ccc2Cl)c(=O)[nH]c1=O. The average molecular weight is 475 g/mol. The number of anilines is 2. The van der Waals surface area contributed by atoms with E-state index in [4.69, 9.17) is 26.5 Å². The minimum absolute atomic E-state index is 0.0830. The third kappa shape index (κ3) is 5.48. The molecule has 0 aliphatic carbocycles. The number of nitrogens with zero attached hydrogens (tertiary/aromatic N) is 2. The minimum Gasteiger partial charge on any atom is -0.479 e. The highest BCUT2D eigenvalue weighted by atomic mass is 35.5. The lowest BCUT2D eigenvalue weighted by Gasteiger charge is -2.27. The first-order chi connectivity index (χ1) is 15.7. The molecule has 0 radical (unpaired) electrons. The van der Waals surface area contributed by atoms with Crippen molar-refractivity contribution in [2.24, 2.45) is 0 Å². The van der Waals surface area contributed by atoms with Crippen LogP contribution in [0.25, 0.3) is 0 Å². The zero-order valence-electron chi connectivity index (χ0n) is 18.8. The van der Waals surface area contributed by atoms with Gasteiger partial charge in [-0.3, -0.25) is 24.0 Å². The Morgan fingerprint density at radius 1 is 1.33 bits per heavy atom. The summed E-state index contributed by atoms with van der Waals surface area (Å²) in [4.78, 5) is 42.1. The van der Waals surface area contributed by atoms with Crippen LogP contribution in [0.2, 0.25) is 5.02 Å². The first-order valence-corrected chi connectivity index (χ1v) is 11.0. The van der Waals surface area contributed by atoms with Gasteiger partial charge in [-0.1, -0.05) is 31.0 Å². The van der Waals surface area contributed by atoms with Gasteiger partial charge < -0.3 is 14.9 Å². The Balaban J connectivity index is 2.03. The molecule has 0 spiro atoms. The number of hydrogen-bond acceptors (Lipinski definition) is 6. The number of unbranched alkanes of at least 4 members (excludes halogenated alkanes) is 1. The Morgan fingerprint density at radius 2 is 2.09 bits per heavy atom. The van der Waals surface area contributed by atoms with Crippen molar-refractivity contribution in [3.05, 3.63) is 73.8 Å². The molecule has 0 saturated carbocycles. The van der Waals surface area contributed by atoms with Gasteiger partial charge in [-0.05, 0) is 50.1 Å². The van der Waals surface area contributed by atoms with Gasteiger partial charge in [-0.25, -0.2) is 4.79 Å². The fourth-order valence-corrected chi connectivity index (χ4v) is 3.53. The number of carbonyl (C=O) groups is 1. The summed E-state index contributed by atoms with van der Waals surface area (Å²) in [7, 11) is 0. The number of halogens is 1. The first kappa shape index (κ1) is 24.2. The van der Waals surface area contributed by atoms with Gasteiger partial charge in [0.05, 0.1) is 17.8 Å². The predicted octanol–water partition coefficient (Wildman–Crippen LogP) is 3.47. The van der Waals surface area contributed by atoms with Gasteiger partial charge in [-0.2, -0.15) is 0 Å². The van der Waals surface area contributed by atoms with Crippen molar-refractivity contribution in [2.75, 3.05) is 10.6 Å². The standard InChI is InChI=1S/C23H27ClN4O5/c1-4-5-10-27-20(25)19(21(29)26-23(27)31)28(13-16-7-6-11-32-16)22(30)15(3)33-18-12-14(2)8-9-17(18)24/h6-9,11-12,15H,4-5,10,13,25H2,1-3H3,(H,26,29,31). The molecule has 0 aliphatic rings. The van der Waals surface area contributed by atoms with Gasteiger partial charge >= 0.3 is 5.69 Å². The highest BCUT2D eigenvalue weighted by Crippen LogP contribution is 2.28. The fourth-order valence-electron chi connectivity index (χ4n) is 3.36. The number of H-pyrrole nitrogens is 1. The lowest BCUT2D eigenvalue weighted by molar-refractivity contribution is -0.124. The van der Waals surface area contributed by atoms with Crippen molar-refractivity contribution in [1.82, 2.24) is 9.55 Å². The number of amides is 1. The topological polar surface area (TPSA) is 124 Å². The fraction of sp³-hybridized carbons (Fsp3) is 0.348. The molecule has 0 fully saturated rings. The summed E-state index contributed by atoms with van der Waals surface area (Å²) in [5.41, 5.74) is 5.61. The molecule has 3 aromatic rings. The molecule has 1 atom stereocenters. The summed E-state index contributed by atoms with van der Waals surface area (Å²) in [6, 6.07) is 8.55. The third-order valence-electron chi connectivity index (χ3n) is 5.12. The van der Waals surface area contributed by atoms with Crippen molar-refractivity contribution in [3.63, 3.8) is 0 Å². The largest absolute Gasteiger partial charge is 0.479 e. The molecule has 2 aromatic heterocycles. The van der Waals surface area contributed by atoms with Crippen molar-refractivity contribution >= 4 is 29.0 Å². The minimum atomic E-state index is -1.02. The number of rotatable bonds is 9. The van der Waals surface area contributed by atoms with Gasteiger partial charge in [0.15, 0.2) is 11.8 Å². The average Bonchev–Trinajstić information content (AvgIpc) is 3.28.